The fraction of sp³-hybridized carbons (Fsp3) is 0.619. The maximum absolute atomic E-state index is 13.3. The molecule has 12 heteroatoms. The van der Waals surface area contributed by atoms with Crippen LogP contribution in [0.4, 0.5) is 13.2 Å². The van der Waals surface area contributed by atoms with Gasteiger partial charge in [0.25, 0.3) is 0 Å². The zero-order valence-electron chi connectivity index (χ0n) is 18.3. The number of halogens is 3. The average Bonchev–Trinajstić information content (AvgIpc) is 3.07. The molecule has 1 heterocycles. The van der Waals surface area contributed by atoms with Gasteiger partial charge in [0, 0.05) is 32.2 Å². The second kappa shape index (κ2) is 12.3. The molecule has 186 valence electrons. The smallest absolute Gasteiger partial charge is 0.475 e. The molecule has 0 bridgehead atoms. The number of amides is 1. The van der Waals surface area contributed by atoms with Crippen molar-refractivity contribution < 1.29 is 36.3 Å². The fourth-order valence-corrected chi connectivity index (χ4v) is 5.49. The normalized spacial score (nSPS) is 18.2. The van der Waals surface area contributed by atoms with E-state index in [1.807, 2.05) is 0 Å². The lowest BCUT2D eigenvalue weighted by molar-refractivity contribution is -0.192. The van der Waals surface area contributed by atoms with Crippen molar-refractivity contribution >= 4 is 21.9 Å². The molecule has 1 aliphatic heterocycles. The summed E-state index contributed by atoms with van der Waals surface area (Å²) in [6.07, 6.45) is 0.908. The van der Waals surface area contributed by atoms with Gasteiger partial charge in [0.05, 0.1) is 11.4 Å². The largest absolute Gasteiger partial charge is 0.490 e. The van der Waals surface area contributed by atoms with E-state index in [4.69, 9.17) is 9.90 Å². The highest BCUT2D eigenvalue weighted by Gasteiger charge is 2.38. The van der Waals surface area contributed by atoms with Crippen LogP contribution in [0.1, 0.15) is 38.5 Å². The van der Waals surface area contributed by atoms with Gasteiger partial charge in [-0.15, -0.1) is 0 Å². The number of nitrogens with one attached hydrogen (secondary N) is 1. The summed E-state index contributed by atoms with van der Waals surface area (Å²) in [6, 6.07) is 8.42. The minimum Gasteiger partial charge on any atom is -0.475 e. The Bertz CT molecular complexity index is 867. The van der Waals surface area contributed by atoms with Gasteiger partial charge in [-0.05, 0) is 25.0 Å². The number of sulfonamides is 1. The summed E-state index contributed by atoms with van der Waals surface area (Å²) in [5.74, 6) is -2.84. The molecule has 1 amide bonds. The summed E-state index contributed by atoms with van der Waals surface area (Å²) in [4.78, 5) is 23.8. The van der Waals surface area contributed by atoms with E-state index < -0.39 is 22.2 Å². The van der Waals surface area contributed by atoms with Gasteiger partial charge in [0.1, 0.15) is 0 Å². The summed E-state index contributed by atoms with van der Waals surface area (Å²) in [5, 5.41) is 10.3. The zero-order chi connectivity index (χ0) is 24.5. The first kappa shape index (κ1) is 27.1. The first-order chi connectivity index (χ1) is 15.5. The van der Waals surface area contributed by atoms with E-state index in [-0.39, 0.29) is 23.4 Å². The standard InChI is InChI=1S/C19H29N3O3S.C2HF3O2/c23-19(21-14-12-20-13-15-21)16-22(17-8-4-1-2-5-9-17)26(24,25)18-10-6-3-7-11-18;3-2(4,5)1(6)7/h3,6-7,10-11,17,20H,1-2,4-5,8-9,12-16H2;(H,6,7). The Kier molecular flexibility index (Phi) is 10.1. The van der Waals surface area contributed by atoms with E-state index in [1.54, 1.807) is 35.2 Å². The Morgan fingerprint density at radius 2 is 1.55 bits per heavy atom. The highest BCUT2D eigenvalue weighted by atomic mass is 32.2. The maximum Gasteiger partial charge on any atom is 0.490 e. The summed E-state index contributed by atoms with van der Waals surface area (Å²) < 4.78 is 59.8. The number of carbonyl (C=O) groups is 2. The van der Waals surface area contributed by atoms with Crippen molar-refractivity contribution in [1.82, 2.24) is 14.5 Å². The lowest BCUT2D eigenvalue weighted by Gasteiger charge is -2.33. The van der Waals surface area contributed by atoms with Crippen LogP contribution in [-0.2, 0) is 19.6 Å². The summed E-state index contributed by atoms with van der Waals surface area (Å²) in [5.41, 5.74) is 0. The first-order valence-electron chi connectivity index (χ1n) is 10.9. The minimum absolute atomic E-state index is 0.0537. The Balaban J connectivity index is 0.000000479. The van der Waals surface area contributed by atoms with Crippen molar-refractivity contribution in [2.45, 2.75) is 55.6 Å². The SMILES string of the molecule is O=C(CN(C1CCCCCC1)S(=O)(=O)c1ccccc1)N1CCNCC1.O=C(O)C(F)(F)F. The second-order valence-electron chi connectivity index (χ2n) is 7.94. The van der Waals surface area contributed by atoms with Crippen LogP contribution in [0.2, 0.25) is 0 Å². The number of hydrogen-bond acceptors (Lipinski definition) is 5. The highest BCUT2D eigenvalue weighted by Crippen LogP contribution is 2.27. The first-order valence-corrected chi connectivity index (χ1v) is 12.3. The number of aliphatic carboxylic acids is 1. The Hall–Kier alpha value is -2.18. The molecular weight excluding hydrogens is 463 g/mol. The molecule has 1 saturated heterocycles. The molecule has 0 atom stereocenters. The van der Waals surface area contributed by atoms with Crippen molar-refractivity contribution in [2.75, 3.05) is 32.7 Å². The molecule has 33 heavy (non-hydrogen) atoms. The van der Waals surface area contributed by atoms with Gasteiger partial charge in [0.15, 0.2) is 0 Å². The van der Waals surface area contributed by atoms with Crippen LogP contribution in [0, 0.1) is 0 Å². The van der Waals surface area contributed by atoms with E-state index >= 15 is 0 Å². The topological polar surface area (TPSA) is 107 Å². The number of carboxylic acids is 1. The molecular formula is C21H30F3N3O5S. The van der Waals surface area contributed by atoms with Crippen molar-refractivity contribution in [1.29, 1.82) is 0 Å². The number of nitrogens with zero attached hydrogens (tertiary/aromatic N) is 2. The predicted molar refractivity (Wildman–Crippen MR) is 115 cm³/mol. The molecule has 1 aromatic rings. The van der Waals surface area contributed by atoms with Crippen LogP contribution in [0.15, 0.2) is 35.2 Å². The van der Waals surface area contributed by atoms with Crippen LogP contribution in [0.25, 0.3) is 0 Å². The lowest BCUT2D eigenvalue weighted by Crippen LogP contribution is -2.52. The molecule has 3 rings (SSSR count). The quantitative estimate of drug-likeness (QED) is 0.611. The van der Waals surface area contributed by atoms with Crippen molar-refractivity contribution in [2.24, 2.45) is 0 Å². The maximum atomic E-state index is 13.3. The van der Waals surface area contributed by atoms with Gasteiger partial charge in [0.2, 0.25) is 15.9 Å². The monoisotopic (exact) mass is 493 g/mol. The summed E-state index contributed by atoms with van der Waals surface area (Å²) in [6.45, 7) is 2.76. The molecule has 2 fully saturated rings. The summed E-state index contributed by atoms with van der Waals surface area (Å²) >= 11 is 0. The molecule has 8 nitrogen and oxygen atoms in total. The molecule has 1 saturated carbocycles. The third kappa shape index (κ3) is 8.27. The third-order valence-corrected chi connectivity index (χ3v) is 7.50. The van der Waals surface area contributed by atoms with E-state index in [0.29, 0.717) is 13.1 Å². The number of alkyl halides is 3. The number of piperazine rings is 1. The van der Waals surface area contributed by atoms with Crippen LogP contribution >= 0.6 is 0 Å². The molecule has 1 aromatic carbocycles. The molecule has 0 spiro atoms. The minimum atomic E-state index is -5.08. The average molecular weight is 494 g/mol. The number of carboxylic acid groups (broad SMARTS) is 1. The predicted octanol–water partition coefficient (Wildman–Crippen LogP) is 2.47. The van der Waals surface area contributed by atoms with Crippen molar-refractivity contribution in [3.8, 4) is 0 Å². The van der Waals surface area contributed by atoms with Crippen LogP contribution in [-0.4, -0.2) is 79.5 Å². The highest BCUT2D eigenvalue weighted by molar-refractivity contribution is 7.89. The fourth-order valence-electron chi connectivity index (χ4n) is 3.83. The van der Waals surface area contributed by atoms with Crippen LogP contribution < -0.4 is 5.32 Å². The Morgan fingerprint density at radius 1 is 1.03 bits per heavy atom. The van der Waals surface area contributed by atoms with E-state index in [2.05, 4.69) is 5.32 Å². The van der Waals surface area contributed by atoms with E-state index in [1.165, 1.54) is 4.31 Å². The van der Waals surface area contributed by atoms with Crippen LogP contribution in [0.5, 0.6) is 0 Å². The molecule has 0 radical (unpaired) electrons. The Morgan fingerprint density at radius 3 is 2.03 bits per heavy atom. The number of carbonyl (C=O) groups excluding carboxylic acids is 1. The van der Waals surface area contributed by atoms with Crippen LogP contribution in [0.3, 0.4) is 0 Å². The second-order valence-corrected chi connectivity index (χ2v) is 9.83. The number of benzene rings is 1. The van der Waals surface area contributed by atoms with Gasteiger partial charge < -0.3 is 15.3 Å². The zero-order valence-corrected chi connectivity index (χ0v) is 19.1. The number of rotatable bonds is 5. The van der Waals surface area contributed by atoms with Crippen molar-refractivity contribution in [3.05, 3.63) is 30.3 Å². The van der Waals surface area contributed by atoms with Gasteiger partial charge in [-0.1, -0.05) is 43.9 Å². The molecule has 2 N–H and O–H groups in total. The van der Waals surface area contributed by atoms with Gasteiger partial charge in [-0.2, -0.15) is 17.5 Å². The van der Waals surface area contributed by atoms with E-state index in [0.717, 1.165) is 51.6 Å². The third-order valence-electron chi connectivity index (χ3n) is 5.59. The molecule has 0 aromatic heterocycles. The number of hydrogen-bond donors (Lipinski definition) is 2. The molecule has 1 aliphatic carbocycles. The van der Waals surface area contributed by atoms with Gasteiger partial charge in [-0.3, -0.25) is 4.79 Å². The molecule has 0 unspecified atom stereocenters. The van der Waals surface area contributed by atoms with E-state index in [9.17, 15) is 26.4 Å². The molecule has 2 aliphatic rings. The van der Waals surface area contributed by atoms with Gasteiger partial charge in [-0.25, -0.2) is 13.2 Å². The lowest BCUT2D eigenvalue weighted by atomic mass is 10.1. The van der Waals surface area contributed by atoms with Gasteiger partial charge >= 0.3 is 12.1 Å². The Labute approximate surface area is 191 Å². The summed E-state index contributed by atoms with van der Waals surface area (Å²) in [7, 11) is -3.68. The van der Waals surface area contributed by atoms with Crippen molar-refractivity contribution in [3.63, 3.8) is 0 Å².